The van der Waals surface area contributed by atoms with Crippen molar-refractivity contribution in [3.8, 4) is 0 Å². The number of carbonyl (C=O) groups excluding carboxylic acids is 2. The molecule has 2 fully saturated rings. The van der Waals surface area contributed by atoms with Gasteiger partial charge in [0, 0.05) is 17.8 Å². The molecular weight excluding hydrogens is 400 g/mol. The highest BCUT2D eigenvalue weighted by atomic mass is 16.5. The van der Waals surface area contributed by atoms with E-state index in [9.17, 15) is 9.59 Å². The molecular formula is C28H36O4. The summed E-state index contributed by atoms with van der Waals surface area (Å²) in [6, 6.07) is 2.10. The molecule has 1 aromatic rings. The summed E-state index contributed by atoms with van der Waals surface area (Å²) in [6.07, 6.45) is 13.7. The number of rotatable bonds is 2. The molecule has 0 spiro atoms. The molecule has 0 saturated heterocycles. The van der Waals surface area contributed by atoms with Crippen LogP contribution in [-0.4, -0.2) is 17.9 Å². The minimum atomic E-state index is -0.465. The van der Waals surface area contributed by atoms with Crippen LogP contribution in [0.2, 0.25) is 0 Å². The molecule has 0 N–H and O–H groups in total. The monoisotopic (exact) mass is 436 g/mol. The van der Waals surface area contributed by atoms with E-state index >= 15 is 0 Å². The van der Waals surface area contributed by atoms with Gasteiger partial charge < -0.3 is 9.15 Å². The zero-order valence-electron chi connectivity index (χ0n) is 20.2. The van der Waals surface area contributed by atoms with Crippen LogP contribution in [0.3, 0.4) is 0 Å². The molecule has 4 aliphatic rings. The highest BCUT2D eigenvalue weighted by Gasteiger charge is 2.68. The molecule has 0 aliphatic heterocycles. The summed E-state index contributed by atoms with van der Waals surface area (Å²) in [4.78, 5) is 25.2. The minimum absolute atomic E-state index is 0.0143. The van der Waals surface area contributed by atoms with Crippen molar-refractivity contribution in [2.45, 2.75) is 79.2 Å². The fraction of sp³-hybridized carbons (Fsp3) is 0.643. The Bertz CT molecular complexity index is 1010. The maximum atomic E-state index is 12.9. The molecule has 0 aromatic carbocycles. The van der Waals surface area contributed by atoms with E-state index in [2.05, 4.69) is 52.8 Å². The van der Waals surface area contributed by atoms with Gasteiger partial charge in [-0.05, 0) is 72.0 Å². The first kappa shape index (κ1) is 21.7. The van der Waals surface area contributed by atoms with E-state index in [0.29, 0.717) is 11.8 Å². The molecule has 4 nitrogen and oxygen atoms in total. The lowest BCUT2D eigenvalue weighted by Gasteiger charge is -2.66. The number of carbonyl (C=O) groups is 2. The van der Waals surface area contributed by atoms with Gasteiger partial charge in [-0.1, -0.05) is 52.3 Å². The Balaban J connectivity index is 1.64. The molecule has 0 bridgehead atoms. The first-order valence-corrected chi connectivity index (χ1v) is 12.1. The summed E-state index contributed by atoms with van der Waals surface area (Å²) in [5.41, 5.74) is 1.88. The highest BCUT2D eigenvalue weighted by molar-refractivity contribution is 5.95. The molecule has 1 heterocycles. The van der Waals surface area contributed by atoms with Crippen LogP contribution >= 0.6 is 0 Å². The smallest absolute Gasteiger partial charge is 0.302 e. The summed E-state index contributed by atoms with van der Waals surface area (Å²) >= 11 is 0. The van der Waals surface area contributed by atoms with E-state index in [-0.39, 0.29) is 40.0 Å². The first-order valence-electron chi connectivity index (χ1n) is 12.1. The van der Waals surface area contributed by atoms with Crippen LogP contribution in [0.15, 0.2) is 46.8 Å². The predicted octanol–water partition coefficient (Wildman–Crippen LogP) is 6.24. The van der Waals surface area contributed by atoms with Crippen molar-refractivity contribution in [1.29, 1.82) is 0 Å². The van der Waals surface area contributed by atoms with E-state index in [1.807, 2.05) is 12.3 Å². The van der Waals surface area contributed by atoms with Crippen LogP contribution < -0.4 is 0 Å². The van der Waals surface area contributed by atoms with Gasteiger partial charge in [-0.25, -0.2) is 0 Å². The number of furan rings is 1. The Labute approximate surface area is 191 Å². The van der Waals surface area contributed by atoms with Gasteiger partial charge in [-0.15, -0.1) is 0 Å². The predicted molar refractivity (Wildman–Crippen MR) is 123 cm³/mol. The largest absolute Gasteiger partial charge is 0.472 e. The molecule has 0 unspecified atom stereocenters. The average Bonchev–Trinajstić information content (AvgIpc) is 3.34. The van der Waals surface area contributed by atoms with Crippen LogP contribution in [0.4, 0.5) is 0 Å². The number of ether oxygens (including phenoxy) is 1. The second-order valence-corrected chi connectivity index (χ2v) is 11.9. The molecule has 4 heteroatoms. The number of esters is 1. The van der Waals surface area contributed by atoms with Gasteiger partial charge in [-0.2, -0.15) is 0 Å². The van der Waals surface area contributed by atoms with E-state index in [1.165, 1.54) is 18.1 Å². The maximum absolute atomic E-state index is 12.9. The number of hydrogen-bond acceptors (Lipinski definition) is 4. The molecule has 4 aliphatic carbocycles. The van der Waals surface area contributed by atoms with Gasteiger partial charge >= 0.3 is 5.97 Å². The van der Waals surface area contributed by atoms with Crippen molar-refractivity contribution in [3.05, 3.63) is 48.0 Å². The molecule has 2 saturated carbocycles. The zero-order chi connectivity index (χ0) is 23.1. The van der Waals surface area contributed by atoms with E-state index < -0.39 is 5.41 Å². The number of hydrogen-bond donors (Lipinski definition) is 0. The van der Waals surface area contributed by atoms with Gasteiger partial charge in [0.15, 0.2) is 5.78 Å². The molecule has 0 radical (unpaired) electrons. The molecule has 172 valence electrons. The Morgan fingerprint density at radius 3 is 2.56 bits per heavy atom. The standard InChI is InChI=1S/C28H36O4/c1-17(29)32-24-15-22-25(2,3)23(30)10-13-27(22,5)21-9-12-26(4)19(18-11-14-31-16-18)7-8-20(26)28(21,24)6/h8,10-11,13-14,16,19,21-22,24H,7,9,12,15H2,1-6H3/t19-,21+,22+,24-,26-,27+,28-/m0/s1. The van der Waals surface area contributed by atoms with Crippen LogP contribution in [0, 0.1) is 33.5 Å². The quantitative estimate of drug-likeness (QED) is 0.407. The number of fused-ring (bicyclic) bond motifs is 5. The third-order valence-corrected chi connectivity index (χ3v) is 10.2. The van der Waals surface area contributed by atoms with E-state index in [0.717, 1.165) is 25.7 Å². The van der Waals surface area contributed by atoms with Crippen molar-refractivity contribution < 1.29 is 18.7 Å². The van der Waals surface area contributed by atoms with Gasteiger partial charge in [0.1, 0.15) is 6.10 Å². The fourth-order valence-corrected chi connectivity index (χ4v) is 8.60. The van der Waals surface area contributed by atoms with E-state index in [4.69, 9.17) is 9.15 Å². The summed E-state index contributed by atoms with van der Waals surface area (Å²) < 4.78 is 11.6. The lowest BCUT2D eigenvalue weighted by Crippen LogP contribution is -2.64. The summed E-state index contributed by atoms with van der Waals surface area (Å²) in [6.45, 7) is 12.8. The van der Waals surface area contributed by atoms with Crippen LogP contribution in [0.5, 0.6) is 0 Å². The normalized spacial score (nSPS) is 44.3. The van der Waals surface area contributed by atoms with Crippen molar-refractivity contribution in [3.63, 3.8) is 0 Å². The Hall–Kier alpha value is -2.10. The summed E-state index contributed by atoms with van der Waals surface area (Å²) in [5, 5.41) is 0. The minimum Gasteiger partial charge on any atom is -0.472 e. The van der Waals surface area contributed by atoms with Crippen molar-refractivity contribution in [2.75, 3.05) is 0 Å². The topological polar surface area (TPSA) is 56.5 Å². The third kappa shape index (κ3) is 2.61. The summed E-state index contributed by atoms with van der Waals surface area (Å²) in [5.74, 6) is 0.796. The van der Waals surface area contributed by atoms with Gasteiger partial charge in [-0.3, -0.25) is 9.59 Å². The van der Waals surface area contributed by atoms with Gasteiger partial charge in [0.25, 0.3) is 0 Å². The second-order valence-electron chi connectivity index (χ2n) is 11.9. The second kappa shape index (κ2) is 6.71. The average molecular weight is 437 g/mol. The van der Waals surface area contributed by atoms with Crippen molar-refractivity contribution in [2.24, 2.45) is 33.5 Å². The van der Waals surface area contributed by atoms with Crippen LogP contribution in [-0.2, 0) is 14.3 Å². The van der Waals surface area contributed by atoms with Crippen LogP contribution in [0.1, 0.15) is 78.7 Å². The Kier molecular flexibility index (Phi) is 4.56. The Morgan fingerprint density at radius 1 is 1.16 bits per heavy atom. The Morgan fingerprint density at radius 2 is 1.91 bits per heavy atom. The molecule has 32 heavy (non-hydrogen) atoms. The SMILES string of the molecule is CC(=O)O[C@H]1C[C@@H]2C(C)(C)C(=O)C=C[C@]2(C)[C@H]2CC[C@]3(C)C(=CC[C@H]3c3ccoc3)[C@]12C. The van der Waals surface area contributed by atoms with Crippen molar-refractivity contribution >= 4 is 11.8 Å². The number of ketones is 1. The molecule has 0 amide bonds. The van der Waals surface area contributed by atoms with Gasteiger partial charge in [0.2, 0.25) is 0 Å². The zero-order valence-corrected chi connectivity index (χ0v) is 20.2. The lowest BCUT2D eigenvalue weighted by atomic mass is 9.38. The fourth-order valence-electron chi connectivity index (χ4n) is 8.60. The summed E-state index contributed by atoms with van der Waals surface area (Å²) in [7, 11) is 0. The highest BCUT2D eigenvalue weighted by Crippen LogP contribution is 2.72. The third-order valence-electron chi connectivity index (χ3n) is 10.2. The van der Waals surface area contributed by atoms with Crippen LogP contribution in [0.25, 0.3) is 0 Å². The number of allylic oxidation sites excluding steroid dienone is 3. The van der Waals surface area contributed by atoms with Crippen molar-refractivity contribution in [1.82, 2.24) is 0 Å². The first-order chi connectivity index (χ1) is 15.0. The van der Waals surface area contributed by atoms with E-state index in [1.54, 1.807) is 6.26 Å². The maximum Gasteiger partial charge on any atom is 0.302 e. The lowest BCUT2D eigenvalue weighted by molar-refractivity contribution is -0.187. The van der Waals surface area contributed by atoms with Gasteiger partial charge in [0.05, 0.1) is 12.5 Å². The molecule has 5 rings (SSSR count). The molecule has 7 atom stereocenters. The molecule has 1 aromatic heterocycles.